The normalized spacial score (nSPS) is 19.8. The molecule has 8 nitrogen and oxygen atoms in total. The van der Waals surface area contributed by atoms with Crippen LogP contribution in [0.3, 0.4) is 0 Å². The molecule has 4 rings (SSSR count). The molecule has 1 aliphatic heterocycles. The van der Waals surface area contributed by atoms with E-state index in [0.717, 1.165) is 22.3 Å². The number of nitrogens with one attached hydrogen (secondary N) is 2. The molecule has 2 aliphatic rings. The molecule has 1 saturated heterocycles. The Bertz CT molecular complexity index is 1030. The van der Waals surface area contributed by atoms with Gasteiger partial charge in [-0.25, -0.2) is 9.59 Å². The molecule has 0 radical (unpaired) electrons. The standard InChI is InChI=1S/C25H26N2O6/c1-2-7-21(22(28)29)26-23(30)25(12-13-32-15-25)27-24(31)33-14-20-18-10-5-3-8-16(18)17-9-4-6-11-19(17)20/h2-6,8-11,20-21H,1,7,12-15H2,(H,26,30)(H,27,31)(H,28,29). The first-order valence-electron chi connectivity index (χ1n) is 10.8. The Kier molecular flexibility index (Phi) is 6.46. The van der Waals surface area contributed by atoms with Crippen molar-refractivity contribution in [2.45, 2.75) is 30.3 Å². The summed E-state index contributed by atoms with van der Waals surface area (Å²) >= 11 is 0. The molecule has 2 aromatic rings. The minimum Gasteiger partial charge on any atom is -0.480 e. The lowest BCUT2D eigenvalue weighted by Gasteiger charge is -2.28. The maximum atomic E-state index is 12.9. The first kappa shape index (κ1) is 22.5. The van der Waals surface area contributed by atoms with Crippen LogP contribution in [0.15, 0.2) is 61.2 Å². The zero-order valence-corrected chi connectivity index (χ0v) is 18.1. The smallest absolute Gasteiger partial charge is 0.408 e. The van der Waals surface area contributed by atoms with E-state index >= 15 is 0 Å². The van der Waals surface area contributed by atoms with Crippen LogP contribution >= 0.6 is 0 Å². The highest BCUT2D eigenvalue weighted by molar-refractivity contribution is 5.93. The second-order valence-electron chi connectivity index (χ2n) is 8.22. The van der Waals surface area contributed by atoms with E-state index in [1.54, 1.807) is 0 Å². The van der Waals surface area contributed by atoms with E-state index in [0.29, 0.717) is 0 Å². The predicted octanol–water partition coefficient (Wildman–Crippen LogP) is 2.83. The molecule has 2 atom stereocenters. The summed E-state index contributed by atoms with van der Waals surface area (Å²) in [6.45, 7) is 3.82. The molecule has 1 heterocycles. The van der Waals surface area contributed by atoms with Crippen molar-refractivity contribution in [3.05, 3.63) is 72.3 Å². The van der Waals surface area contributed by atoms with Crippen molar-refractivity contribution in [1.29, 1.82) is 0 Å². The van der Waals surface area contributed by atoms with Gasteiger partial charge in [0.15, 0.2) is 0 Å². The summed E-state index contributed by atoms with van der Waals surface area (Å²) in [6, 6.07) is 14.9. The monoisotopic (exact) mass is 450 g/mol. The van der Waals surface area contributed by atoms with Crippen LogP contribution in [-0.2, 0) is 19.1 Å². The molecule has 3 N–H and O–H groups in total. The minimum atomic E-state index is -1.39. The van der Waals surface area contributed by atoms with Gasteiger partial charge in [0.05, 0.1) is 6.61 Å². The van der Waals surface area contributed by atoms with E-state index in [4.69, 9.17) is 9.47 Å². The van der Waals surface area contributed by atoms with E-state index in [1.165, 1.54) is 6.08 Å². The highest BCUT2D eigenvalue weighted by Gasteiger charge is 2.45. The molecule has 2 amide bonds. The zero-order chi connectivity index (χ0) is 23.4. The molecule has 0 saturated carbocycles. The first-order chi connectivity index (χ1) is 15.9. The second-order valence-corrected chi connectivity index (χ2v) is 8.22. The number of carbonyl (C=O) groups excluding carboxylic acids is 2. The Hall–Kier alpha value is -3.65. The van der Waals surface area contributed by atoms with Gasteiger partial charge in [0, 0.05) is 18.9 Å². The summed E-state index contributed by atoms with van der Waals surface area (Å²) in [6.07, 6.45) is 0.926. The van der Waals surface area contributed by atoms with E-state index in [-0.39, 0.29) is 38.6 Å². The molecular weight excluding hydrogens is 424 g/mol. The van der Waals surface area contributed by atoms with Gasteiger partial charge in [0.25, 0.3) is 0 Å². The fourth-order valence-corrected chi connectivity index (χ4v) is 4.41. The number of rotatable bonds is 8. The number of carboxylic acids is 1. The van der Waals surface area contributed by atoms with Crippen LogP contribution in [0.5, 0.6) is 0 Å². The lowest BCUT2D eigenvalue weighted by Crippen LogP contribution is -2.61. The first-order valence-corrected chi connectivity index (χ1v) is 10.8. The number of hydrogen-bond donors (Lipinski definition) is 3. The Morgan fingerprint density at radius 3 is 2.33 bits per heavy atom. The van der Waals surface area contributed by atoms with E-state index in [9.17, 15) is 19.5 Å². The molecule has 172 valence electrons. The summed E-state index contributed by atoms with van der Waals surface area (Å²) in [7, 11) is 0. The van der Waals surface area contributed by atoms with E-state index in [1.807, 2.05) is 48.5 Å². The lowest BCUT2D eigenvalue weighted by molar-refractivity contribution is -0.142. The fourth-order valence-electron chi connectivity index (χ4n) is 4.41. The zero-order valence-electron chi connectivity index (χ0n) is 18.1. The van der Waals surface area contributed by atoms with Crippen molar-refractivity contribution in [1.82, 2.24) is 10.6 Å². The molecule has 0 aromatic heterocycles. The average Bonchev–Trinajstić information content (AvgIpc) is 3.41. The minimum absolute atomic E-state index is 0.0585. The number of benzene rings is 2. The summed E-state index contributed by atoms with van der Waals surface area (Å²) < 4.78 is 10.9. The Morgan fingerprint density at radius 1 is 1.15 bits per heavy atom. The highest BCUT2D eigenvalue weighted by Crippen LogP contribution is 2.44. The van der Waals surface area contributed by atoms with Crippen LogP contribution in [0.4, 0.5) is 4.79 Å². The van der Waals surface area contributed by atoms with Gasteiger partial charge in [-0.15, -0.1) is 6.58 Å². The Morgan fingerprint density at radius 2 is 1.79 bits per heavy atom. The van der Waals surface area contributed by atoms with Gasteiger partial charge >= 0.3 is 12.1 Å². The number of alkyl carbamates (subject to hydrolysis) is 1. The molecule has 0 spiro atoms. The molecule has 2 aromatic carbocycles. The molecule has 1 fully saturated rings. The number of carbonyl (C=O) groups is 3. The van der Waals surface area contributed by atoms with Crippen LogP contribution in [0.2, 0.25) is 0 Å². The number of ether oxygens (including phenoxy) is 2. The SMILES string of the molecule is C=CCC(NC(=O)C1(NC(=O)OCC2c3ccccc3-c3ccccc32)CCOC1)C(=O)O. The summed E-state index contributed by atoms with van der Waals surface area (Å²) in [5.74, 6) is -1.92. The van der Waals surface area contributed by atoms with Crippen LogP contribution < -0.4 is 10.6 Å². The van der Waals surface area contributed by atoms with Gasteiger partial charge in [-0.3, -0.25) is 4.79 Å². The maximum Gasteiger partial charge on any atom is 0.408 e. The van der Waals surface area contributed by atoms with Gasteiger partial charge in [-0.2, -0.15) is 0 Å². The van der Waals surface area contributed by atoms with Crippen molar-refractivity contribution < 1.29 is 29.0 Å². The third kappa shape index (κ3) is 4.47. The summed E-state index contributed by atoms with van der Waals surface area (Å²) in [4.78, 5) is 37.1. The summed E-state index contributed by atoms with van der Waals surface area (Å²) in [5, 5.41) is 14.4. The predicted molar refractivity (Wildman–Crippen MR) is 121 cm³/mol. The molecular formula is C25H26N2O6. The molecule has 1 aliphatic carbocycles. The van der Waals surface area contributed by atoms with Crippen molar-refractivity contribution in [3.8, 4) is 11.1 Å². The van der Waals surface area contributed by atoms with Crippen molar-refractivity contribution in [3.63, 3.8) is 0 Å². The molecule has 2 unspecified atom stereocenters. The molecule has 0 bridgehead atoms. The average molecular weight is 450 g/mol. The van der Waals surface area contributed by atoms with Gasteiger partial charge < -0.3 is 25.2 Å². The number of hydrogen-bond acceptors (Lipinski definition) is 5. The largest absolute Gasteiger partial charge is 0.480 e. The Labute approximate surface area is 191 Å². The van der Waals surface area contributed by atoms with E-state index < -0.39 is 29.6 Å². The van der Waals surface area contributed by atoms with Gasteiger partial charge in [-0.05, 0) is 28.7 Å². The van der Waals surface area contributed by atoms with Crippen LogP contribution in [-0.4, -0.2) is 54.5 Å². The van der Waals surface area contributed by atoms with Gasteiger partial charge in [0.2, 0.25) is 5.91 Å². The van der Waals surface area contributed by atoms with Crippen molar-refractivity contribution in [2.75, 3.05) is 19.8 Å². The van der Waals surface area contributed by atoms with Crippen LogP contribution in [0.1, 0.15) is 29.9 Å². The third-order valence-electron chi connectivity index (χ3n) is 6.15. The summed E-state index contributed by atoms with van der Waals surface area (Å²) in [5.41, 5.74) is 3.00. The van der Waals surface area contributed by atoms with E-state index in [2.05, 4.69) is 17.2 Å². The fraction of sp³-hybridized carbons (Fsp3) is 0.320. The van der Waals surface area contributed by atoms with Crippen LogP contribution in [0.25, 0.3) is 11.1 Å². The number of amides is 2. The second kappa shape index (κ2) is 9.46. The van der Waals surface area contributed by atoms with Gasteiger partial charge in [0.1, 0.15) is 18.2 Å². The van der Waals surface area contributed by atoms with Crippen molar-refractivity contribution in [2.24, 2.45) is 0 Å². The number of aliphatic carboxylic acids is 1. The Balaban J connectivity index is 1.45. The quantitative estimate of drug-likeness (QED) is 0.533. The highest BCUT2D eigenvalue weighted by atomic mass is 16.6. The number of fused-ring (bicyclic) bond motifs is 3. The van der Waals surface area contributed by atoms with Crippen molar-refractivity contribution >= 4 is 18.0 Å². The molecule has 8 heteroatoms. The maximum absolute atomic E-state index is 12.9. The number of carboxylic acid groups (broad SMARTS) is 1. The van der Waals surface area contributed by atoms with Gasteiger partial charge in [-0.1, -0.05) is 54.6 Å². The third-order valence-corrected chi connectivity index (χ3v) is 6.15. The molecule has 33 heavy (non-hydrogen) atoms. The van der Waals surface area contributed by atoms with Crippen LogP contribution in [0, 0.1) is 0 Å². The topological polar surface area (TPSA) is 114 Å². The lowest BCUT2D eigenvalue weighted by atomic mass is 9.96.